The molecular formula is C12H20N2O. The van der Waals surface area contributed by atoms with Gasteiger partial charge in [-0.25, -0.2) is 0 Å². The van der Waals surface area contributed by atoms with Crippen molar-refractivity contribution < 1.29 is 4.74 Å². The zero-order valence-corrected chi connectivity index (χ0v) is 9.33. The Labute approximate surface area is 91.6 Å². The van der Waals surface area contributed by atoms with Crippen molar-refractivity contribution in [1.29, 1.82) is 0 Å². The van der Waals surface area contributed by atoms with Crippen LogP contribution in [0.3, 0.4) is 0 Å². The fourth-order valence-electron chi connectivity index (χ4n) is 1.37. The van der Waals surface area contributed by atoms with Gasteiger partial charge < -0.3 is 15.8 Å². The molecule has 1 aromatic rings. The smallest absolute Gasteiger partial charge is 0.119 e. The summed E-state index contributed by atoms with van der Waals surface area (Å²) in [5.41, 5.74) is 6.66. The lowest BCUT2D eigenvalue weighted by Crippen LogP contribution is -2.17. The molecule has 3 heteroatoms. The summed E-state index contributed by atoms with van der Waals surface area (Å²) in [6.07, 6.45) is 1.02. The van der Waals surface area contributed by atoms with Gasteiger partial charge in [-0.2, -0.15) is 0 Å². The highest BCUT2D eigenvalue weighted by molar-refractivity contribution is 5.28. The Kier molecular flexibility index (Phi) is 5.81. The van der Waals surface area contributed by atoms with Crippen molar-refractivity contribution in [1.82, 2.24) is 5.32 Å². The zero-order valence-electron chi connectivity index (χ0n) is 9.33. The van der Waals surface area contributed by atoms with Gasteiger partial charge in [-0.3, -0.25) is 0 Å². The van der Waals surface area contributed by atoms with Crippen LogP contribution in [0.2, 0.25) is 0 Å². The maximum atomic E-state index is 5.43. The molecule has 0 aliphatic carbocycles. The van der Waals surface area contributed by atoms with Crippen molar-refractivity contribution in [2.75, 3.05) is 19.7 Å². The second kappa shape index (κ2) is 7.26. The molecule has 0 radical (unpaired) electrons. The van der Waals surface area contributed by atoms with Crippen LogP contribution in [0.5, 0.6) is 5.75 Å². The van der Waals surface area contributed by atoms with E-state index in [1.165, 1.54) is 5.56 Å². The molecule has 1 aromatic carbocycles. The molecule has 0 spiro atoms. The molecule has 0 saturated heterocycles. The minimum Gasteiger partial charge on any atom is -0.494 e. The molecule has 15 heavy (non-hydrogen) atoms. The second-order valence-corrected chi connectivity index (χ2v) is 3.40. The normalized spacial score (nSPS) is 10.3. The number of hydrogen-bond acceptors (Lipinski definition) is 3. The fourth-order valence-corrected chi connectivity index (χ4v) is 1.37. The summed E-state index contributed by atoms with van der Waals surface area (Å²) < 4.78 is 5.43. The first-order chi connectivity index (χ1) is 7.36. The fraction of sp³-hybridized carbons (Fsp3) is 0.500. The molecular weight excluding hydrogens is 188 g/mol. The highest BCUT2D eigenvalue weighted by Gasteiger charge is 1.95. The van der Waals surface area contributed by atoms with Gasteiger partial charge in [0.05, 0.1) is 6.61 Å². The Balaban J connectivity index is 2.36. The average molecular weight is 208 g/mol. The molecule has 3 nitrogen and oxygen atoms in total. The maximum absolute atomic E-state index is 5.43. The van der Waals surface area contributed by atoms with Crippen LogP contribution >= 0.6 is 0 Å². The number of hydrogen-bond donors (Lipinski definition) is 2. The summed E-state index contributed by atoms with van der Waals surface area (Å²) >= 11 is 0. The third kappa shape index (κ3) is 4.81. The first-order valence-electron chi connectivity index (χ1n) is 5.49. The molecule has 1 rings (SSSR count). The molecule has 84 valence electrons. The van der Waals surface area contributed by atoms with E-state index in [0.29, 0.717) is 6.61 Å². The van der Waals surface area contributed by atoms with Gasteiger partial charge >= 0.3 is 0 Å². The predicted molar refractivity (Wildman–Crippen MR) is 63.0 cm³/mol. The lowest BCUT2D eigenvalue weighted by molar-refractivity contribution is 0.340. The third-order valence-corrected chi connectivity index (χ3v) is 2.10. The Morgan fingerprint density at radius 3 is 3.00 bits per heavy atom. The third-order valence-electron chi connectivity index (χ3n) is 2.10. The molecule has 0 atom stereocenters. The summed E-state index contributed by atoms with van der Waals surface area (Å²) in [6.45, 7) is 5.29. The highest BCUT2D eigenvalue weighted by Crippen LogP contribution is 2.12. The van der Waals surface area contributed by atoms with Gasteiger partial charge in [0.2, 0.25) is 0 Å². The first kappa shape index (κ1) is 12.0. The molecule has 3 N–H and O–H groups in total. The largest absolute Gasteiger partial charge is 0.494 e. The van der Waals surface area contributed by atoms with Gasteiger partial charge in [0.25, 0.3) is 0 Å². The molecule has 0 aromatic heterocycles. The first-order valence-corrected chi connectivity index (χ1v) is 5.49. The van der Waals surface area contributed by atoms with E-state index in [9.17, 15) is 0 Å². The summed E-state index contributed by atoms with van der Waals surface area (Å²) in [7, 11) is 0. The SMILES string of the molecule is CCOc1cccc(CNCCCN)c1. The summed E-state index contributed by atoms with van der Waals surface area (Å²) in [5.74, 6) is 0.940. The van der Waals surface area contributed by atoms with Crippen LogP contribution < -0.4 is 15.8 Å². The van der Waals surface area contributed by atoms with Crippen molar-refractivity contribution in [3.05, 3.63) is 29.8 Å². The monoisotopic (exact) mass is 208 g/mol. The van der Waals surface area contributed by atoms with Gasteiger partial charge in [0, 0.05) is 6.54 Å². The van der Waals surface area contributed by atoms with Crippen molar-refractivity contribution in [2.45, 2.75) is 19.9 Å². The Morgan fingerprint density at radius 1 is 1.40 bits per heavy atom. The van der Waals surface area contributed by atoms with E-state index >= 15 is 0 Å². The Bertz CT molecular complexity index is 276. The molecule has 0 heterocycles. The summed E-state index contributed by atoms with van der Waals surface area (Å²) in [6, 6.07) is 8.16. The van der Waals surface area contributed by atoms with E-state index in [1.807, 2.05) is 19.1 Å². The quantitative estimate of drug-likeness (QED) is 0.668. The van der Waals surface area contributed by atoms with Gasteiger partial charge in [0.1, 0.15) is 5.75 Å². The second-order valence-electron chi connectivity index (χ2n) is 3.40. The van der Waals surface area contributed by atoms with Crippen molar-refractivity contribution in [3.63, 3.8) is 0 Å². The minimum atomic E-state index is 0.712. The van der Waals surface area contributed by atoms with Crippen LogP contribution in [0.4, 0.5) is 0 Å². The van der Waals surface area contributed by atoms with E-state index in [1.54, 1.807) is 0 Å². The number of nitrogens with two attached hydrogens (primary N) is 1. The number of ether oxygens (including phenoxy) is 1. The van der Waals surface area contributed by atoms with E-state index < -0.39 is 0 Å². The van der Waals surface area contributed by atoms with Gasteiger partial charge in [-0.1, -0.05) is 12.1 Å². The molecule has 0 bridgehead atoms. The molecule has 0 amide bonds. The number of benzene rings is 1. The van der Waals surface area contributed by atoms with E-state index in [-0.39, 0.29) is 0 Å². The van der Waals surface area contributed by atoms with Crippen molar-refractivity contribution >= 4 is 0 Å². The lowest BCUT2D eigenvalue weighted by Gasteiger charge is -2.07. The molecule has 0 aliphatic rings. The van der Waals surface area contributed by atoms with Crippen LogP contribution in [0.15, 0.2) is 24.3 Å². The predicted octanol–water partition coefficient (Wildman–Crippen LogP) is 1.52. The van der Waals surface area contributed by atoms with Crippen LogP contribution in [-0.4, -0.2) is 19.7 Å². The van der Waals surface area contributed by atoms with Crippen molar-refractivity contribution in [3.8, 4) is 5.75 Å². The van der Waals surface area contributed by atoms with Crippen molar-refractivity contribution in [2.24, 2.45) is 5.73 Å². The minimum absolute atomic E-state index is 0.712. The Hall–Kier alpha value is -1.06. The average Bonchev–Trinajstić information content (AvgIpc) is 2.26. The summed E-state index contributed by atoms with van der Waals surface area (Å²) in [5, 5.41) is 3.34. The molecule has 0 unspecified atom stereocenters. The van der Waals surface area contributed by atoms with Crippen LogP contribution in [0.25, 0.3) is 0 Å². The van der Waals surface area contributed by atoms with E-state index in [0.717, 1.165) is 31.8 Å². The molecule has 0 saturated carbocycles. The van der Waals surface area contributed by atoms with E-state index in [4.69, 9.17) is 10.5 Å². The number of rotatable bonds is 7. The van der Waals surface area contributed by atoms with Gasteiger partial charge in [-0.15, -0.1) is 0 Å². The van der Waals surface area contributed by atoms with Gasteiger partial charge in [-0.05, 0) is 44.1 Å². The lowest BCUT2D eigenvalue weighted by atomic mass is 10.2. The van der Waals surface area contributed by atoms with Gasteiger partial charge in [0.15, 0.2) is 0 Å². The molecule has 0 fully saturated rings. The van der Waals surface area contributed by atoms with Crippen LogP contribution in [-0.2, 0) is 6.54 Å². The molecule has 0 aliphatic heterocycles. The maximum Gasteiger partial charge on any atom is 0.119 e. The number of nitrogens with one attached hydrogen (secondary N) is 1. The zero-order chi connectivity index (χ0) is 10.9. The van der Waals surface area contributed by atoms with Crippen LogP contribution in [0, 0.1) is 0 Å². The van der Waals surface area contributed by atoms with Crippen LogP contribution in [0.1, 0.15) is 18.9 Å². The van der Waals surface area contributed by atoms with E-state index in [2.05, 4.69) is 17.4 Å². The topological polar surface area (TPSA) is 47.3 Å². The highest BCUT2D eigenvalue weighted by atomic mass is 16.5. The Morgan fingerprint density at radius 2 is 2.27 bits per heavy atom. The standard InChI is InChI=1S/C12H20N2O/c1-2-15-12-6-3-5-11(9-12)10-14-8-4-7-13/h3,5-6,9,14H,2,4,7-8,10,13H2,1H3. The summed E-state index contributed by atoms with van der Waals surface area (Å²) in [4.78, 5) is 0.